The number of imidazole rings is 1. The first-order valence-corrected chi connectivity index (χ1v) is 6.51. The molecule has 102 valence electrons. The number of nitrogens with two attached hydrogens (primary N) is 1. The van der Waals surface area contributed by atoms with Gasteiger partial charge in [-0.1, -0.05) is 26.0 Å². The smallest absolute Gasteiger partial charge is 0.242 e. The van der Waals surface area contributed by atoms with E-state index in [1.165, 1.54) is 0 Å². The molecule has 1 aromatic heterocycles. The van der Waals surface area contributed by atoms with E-state index in [4.69, 9.17) is 5.73 Å². The number of nitrogen functional groups attached to an aromatic ring is 1. The molecular formula is C14H20N4O. The van der Waals surface area contributed by atoms with Crippen molar-refractivity contribution in [3.8, 4) is 0 Å². The van der Waals surface area contributed by atoms with E-state index in [0.29, 0.717) is 18.4 Å². The third kappa shape index (κ3) is 2.70. The predicted molar refractivity (Wildman–Crippen MR) is 76.7 cm³/mol. The summed E-state index contributed by atoms with van der Waals surface area (Å²) in [5.41, 5.74) is 7.61. The maximum absolute atomic E-state index is 12.1. The van der Waals surface area contributed by atoms with Crippen molar-refractivity contribution in [1.29, 1.82) is 0 Å². The molecule has 1 atom stereocenters. The summed E-state index contributed by atoms with van der Waals surface area (Å²) in [4.78, 5) is 16.4. The zero-order chi connectivity index (χ0) is 14.0. The van der Waals surface area contributed by atoms with Gasteiger partial charge in [0.2, 0.25) is 11.9 Å². The summed E-state index contributed by atoms with van der Waals surface area (Å²) in [6.07, 6.45) is 0. The molecule has 1 aromatic carbocycles. The van der Waals surface area contributed by atoms with Crippen LogP contribution < -0.4 is 11.1 Å². The van der Waals surface area contributed by atoms with Crippen molar-refractivity contribution in [1.82, 2.24) is 14.9 Å². The molecule has 0 saturated carbocycles. The molecular weight excluding hydrogens is 240 g/mol. The Hall–Kier alpha value is -2.04. The largest absolute Gasteiger partial charge is 0.369 e. The number of para-hydroxylation sites is 2. The van der Waals surface area contributed by atoms with Crippen LogP contribution in [0.4, 0.5) is 5.95 Å². The van der Waals surface area contributed by atoms with Crippen molar-refractivity contribution in [3.05, 3.63) is 24.3 Å². The molecule has 1 amide bonds. The minimum absolute atomic E-state index is 0.0384. The Morgan fingerprint density at radius 2 is 2.05 bits per heavy atom. The summed E-state index contributed by atoms with van der Waals surface area (Å²) in [6, 6.07) is 7.26. The second-order valence-electron chi connectivity index (χ2n) is 5.14. The molecule has 2 rings (SSSR count). The van der Waals surface area contributed by atoms with Crippen molar-refractivity contribution >= 4 is 22.9 Å². The number of hydrogen-bond acceptors (Lipinski definition) is 3. The molecule has 5 nitrogen and oxygen atoms in total. The number of carbonyl (C=O) groups is 1. The molecule has 1 unspecified atom stereocenters. The fourth-order valence-electron chi connectivity index (χ4n) is 2.04. The van der Waals surface area contributed by atoms with Gasteiger partial charge < -0.3 is 11.1 Å². The van der Waals surface area contributed by atoms with Crippen LogP contribution in [0.5, 0.6) is 0 Å². The van der Waals surface area contributed by atoms with Gasteiger partial charge >= 0.3 is 0 Å². The van der Waals surface area contributed by atoms with Gasteiger partial charge in [0.25, 0.3) is 0 Å². The maximum Gasteiger partial charge on any atom is 0.242 e. The standard InChI is InChI=1S/C14H20N4O/c1-9(2)8-16-13(19)10(3)18-12-7-5-4-6-11(12)17-14(18)15/h4-7,9-10H,8H2,1-3H3,(H2,15,17)(H,16,19). The highest BCUT2D eigenvalue weighted by Crippen LogP contribution is 2.22. The fraction of sp³-hybridized carbons (Fsp3) is 0.429. The SMILES string of the molecule is CC(C)CNC(=O)C(C)n1c(N)nc2ccccc21. The Kier molecular flexibility index (Phi) is 3.74. The van der Waals surface area contributed by atoms with Gasteiger partial charge in [-0.3, -0.25) is 9.36 Å². The number of nitrogens with zero attached hydrogens (tertiary/aromatic N) is 2. The number of anilines is 1. The maximum atomic E-state index is 12.1. The van der Waals surface area contributed by atoms with E-state index in [1.807, 2.05) is 31.2 Å². The lowest BCUT2D eigenvalue weighted by molar-refractivity contribution is -0.123. The summed E-state index contributed by atoms with van der Waals surface area (Å²) in [7, 11) is 0. The van der Waals surface area contributed by atoms with Gasteiger partial charge in [-0.2, -0.15) is 0 Å². The summed E-state index contributed by atoms with van der Waals surface area (Å²) in [6.45, 7) is 6.62. The fourth-order valence-corrected chi connectivity index (χ4v) is 2.04. The molecule has 19 heavy (non-hydrogen) atoms. The first-order chi connectivity index (χ1) is 9.00. The van der Waals surface area contributed by atoms with E-state index < -0.39 is 0 Å². The number of aromatic nitrogens is 2. The number of rotatable bonds is 4. The molecule has 0 spiro atoms. The highest BCUT2D eigenvalue weighted by molar-refractivity contribution is 5.85. The predicted octanol–water partition coefficient (Wildman–Crippen LogP) is 1.95. The Bertz CT molecular complexity index is 588. The van der Waals surface area contributed by atoms with Crippen LogP contribution in [0.25, 0.3) is 11.0 Å². The van der Waals surface area contributed by atoms with Crippen molar-refractivity contribution in [2.24, 2.45) is 5.92 Å². The minimum Gasteiger partial charge on any atom is -0.369 e. The van der Waals surface area contributed by atoms with E-state index in [9.17, 15) is 4.79 Å². The molecule has 0 aliphatic carbocycles. The van der Waals surface area contributed by atoms with Gasteiger partial charge in [0.1, 0.15) is 6.04 Å². The van der Waals surface area contributed by atoms with Crippen molar-refractivity contribution in [2.75, 3.05) is 12.3 Å². The Labute approximate surface area is 112 Å². The molecule has 0 saturated heterocycles. The summed E-state index contributed by atoms with van der Waals surface area (Å²) in [5, 5.41) is 2.92. The van der Waals surface area contributed by atoms with Crippen LogP contribution in [0, 0.1) is 5.92 Å². The van der Waals surface area contributed by atoms with E-state index in [0.717, 1.165) is 11.0 Å². The average Bonchev–Trinajstić information content (AvgIpc) is 2.70. The molecule has 1 heterocycles. The molecule has 5 heteroatoms. The summed E-state index contributed by atoms with van der Waals surface area (Å²) >= 11 is 0. The number of nitrogens with one attached hydrogen (secondary N) is 1. The topological polar surface area (TPSA) is 72.9 Å². The molecule has 0 fully saturated rings. The van der Waals surface area contributed by atoms with E-state index in [-0.39, 0.29) is 11.9 Å². The molecule has 3 N–H and O–H groups in total. The number of benzene rings is 1. The second kappa shape index (κ2) is 5.30. The first-order valence-electron chi connectivity index (χ1n) is 6.51. The lowest BCUT2D eigenvalue weighted by Crippen LogP contribution is -2.33. The number of amides is 1. The quantitative estimate of drug-likeness (QED) is 0.882. The summed E-state index contributed by atoms with van der Waals surface area (Å²) in [5.74, 6) is 0.755. The zero-order valence-electron chi connectivity index (χ0n) is 11.6. The zero-order valence-corrected chi connectivity index (χ0v) is 11.6. The number of hydrogen-bond donors (Lipinski definition) is 2. The van der Waals surface area contributed by atoms with Crippen LogP contribution >= 0.6 is 0 Å². The first kappa shape index (κ1) is 13.4. The van der Waals surface area contributed by atoms with Crippen molar-refractivity contribution < 1.29 is 4.79 Å². The van der Waals surface area contributed by atoms with Crippen LogP contribution in [0.2, 0.25) is 0 Å². The molecule has 0 aliphatic rings. The van der Waals surface area contributed by atoms with E-state index >= 15 is 0 Å². The van der Waals surface area contributed by atoms with E-state index in [1.54, 1.807) is 4.57 Å². The lowest BCUT2D eigenvalue weighted by Gasteiger charge is -2.16. The van der Waals surface area contributed by atoms with Gasteiger partial charge in [0.15, 0.2) is 0 Å². The van der Waals surface area contributed by atoms with Gasteiger partial charge in [-0.15, -0.1) is 0 Å². The van der Waals surface area contributed by atoms with Crippen LogP contribution in [0.3, 0.4) is 0 Å². The van der Waals surface area contributed by atoms with Crippen molar-refractivity contribution in [3.63, 3.8) is 0 Å². The Morgan fingerprint density at radius 1 is 1.37 bits per heavy atom. The lowest BCUT2D eigenvalue weighted by atomic mass is 10.2. The van der Waals surface area contributed by atoms with E-state index in [2.05, 4.69) is 24.1 Å². The Balaban J connectivity index is 2.28. The van der Waals surface area contributed by atoms with Crippen LogP contribution in [0.15, 0.2) is 24.3 Å². The monoisotopic (exact) mass is 260 g/mol. The average molecular weight is 260 g/mol. The summed E-state index contributed by atoms with van der Waals surface area (Å²) < 4.78 is 1.77. The highest BCUT2D eigenvalue weighted by atomic mass is 16.2. The van der Waals surface area contributed by atoms with Crippen LogP contribution in [0.1, 0.15) is 26.8 Å². The molecule has 2 aromatic rings. The minimum atomic E-state index is -0.369. The van der Waals surface area contributed by atoms with Crippen LogP contribution in [-0.2, 0) is 4.79 Å². The third-order valence-electron chi connectivity index (χ3n) is 3.07. The van der Waals surface area contributed by atoms with Gasteiger partial charge in [-0.25, -0.2) is 4.98 Å². The normalized spacial score (nSPS) is 12.8. The number of fused-ring (bicyclic) bond motifs is 1. The van der Waals surface area contributed by atoms with Gasteiger partial charge in [0, 0.05) is 6.54 Å². The third-order valence-corrected chi connectivity index (χ3v) is 3.07. The molecule has 0 bridgehead atoms. The van der Waals surface area contributed by atoms with Crippen LogP contribution in [-0.4, -0.2) is 22.0 Å². The Morgan fingerprint density at radius 3 is 2.74 bits per heavy atom. The highest BCUT2D eigenvalue weighted by Gasteiger charge is 2.19. The van der Waals surface area contributed by atoms with Gasteiger partial charge in [0.05, 0.1) is 11.0 Å². The molecule has 0 radical (unpaired) electrons. The second-order valence-corrected chi connectivity index (χ2v) is 5.14. The molecule has 0 aliphatic heterocycles. The van der Waals surface area contributed by atoms with Crippen molar-refractivity contribution in [2.45, 2.75) is 26.8 Å². The number of carbonyl (C=O) groups excluding carboxylic acids is 1. The van der Waals surface area contributed by atoms with Gasteiger partial charge in [-0.05, 0) is 25.0 Å².